The van der Waals surface area contributed by atoms with Gasteiger partial charge in [-0.05, 0) is 17.3 Å². The first-order chi connectivity index (χ1) is 14.6. The molecule has 2 rings (SSSR count). The third-order valence-electron chi connectivity index (χ3n) is 3.02. The van der Waals surface area contributed by atoms with Crippen molar-refractivity contribution in [1.29, 1.82) is 5.41 Å². The Morgan fingerprint density at radius 2 is 1.35 bits per heavy atom. The largest absolute Gasteiger partial charge is 0.481 e. The van der Waals surface area contributed by atoms with Crippen molar-refractivity contribution in [3.8, 4) is 0 Å². The van der Waals surface area contributed by atoms with Crippen molar-refractivity contribution in [3.63, 3.8) is 0 Å². The van der Waals surface area contributed by atoms with Gasteiger partial charge < -0.3 is 26.2 Å². The number of guanidine groups is 1. The summed E-state index contributed by atoms with van der Waals surface area (Å²) in [5.41, 5.74) is 7.72. The molecule has 0 aliphatic heterocycles. The highest BCUT2D eigenvalue weighted by atomic mass is 16.4. The van der Waals surface area contributed by atoms with Crippen LogP contribution in [0.25, 0.3) is 0 Å². The van der Waals surface area contributed by atoms with Crippen LogP contribution in [0.1, 0.15) is 25.0 Å². The standard InChI is InChI=1S/C10H13N3.C9H11N.2C2H4O2/c1-2-13(10(11)12)8-9-6-4-3-5-7-9;1-2-10-8-9-6-4-3-5-7-9;2*1-2(3)4/h2-7H,1,8H2,(H3,11,12);2-7,10H,1,8H2;2*1H3,(H,3,4). The van der Waals surface area contributed by atoms with Crippen LogP contribution in [-0.2, 0) is 22.7 Å². The lowest BCUT2D eigenvalue weighted by Crippen LogP contribution is -2.31. The highest BCUT2D eigenvalue weighted by Crippen LogP contribution is 2.03. The number of rotatable bonds is 6. The van der Waals surface area contributed by atoms with Gasteiger partial charge in [0.2, 0.25) is 0 Å². The maximum atomic E-state index is 9.00. The second-order valence-corrected chi connectivity index (χ2v) is 5.79. The minimum absolute atomic E-state index is 0.0128. The van der Waals surface area contributed by atoms with Crippen LogP contribution in [0.4, 0.5) is 0 Å². The molecule has 31 heavy (non-hydrogen) atoms. The van der Waals surface area contributed by atoms with E-state index in [0.717, 1.165) is 26.0 Å². The number of aliphatic carboxylic acids is 2. The summed E-state index contributed by atoms with van der Waals surface area (Å²) >= 11 is 0. The van der Waals surface area contributed by atoms with Gasteiger partial charge in [0, 0.05) is 26.6 Å². The molecule has 0 saturated carbocycles. The molecule has 0 aromatic heterocycles. The molecule has 0 atom stereocenters. The molecule has 2 aromatic rings. The van der Waals surface area contributed by atoms with E-state index >= 15 is 0 Å². The zero-order valence-corrected chi connectivity index (χ0v) is 18.0. The fourth-order valence-electron chi connectivity index (χ4n) is 1.81. The number of carboxylic acid groups (broad SMARTS) is 2. The number of benzene rings is 2. The summed E-state index contributed by atoms with van der Waals surface area (Å²) in [6.45, 7) is 10.8. The van der Waals surface area contributed by atoms with E-state index < -0.39 is 11.9 Å². The average Bonchev–Trinajstić information content (AvgIpc) is 2.71. The normalized spacial score (nSPS) is 8.32. The molecule has 8 heteroatoms. The Morgan fingerprint density at radius 3 is 1.68 bits per heavy atom. The fourth-order valence-corrected chi connectivity index (χ4v) is 1.81. The number of carbonyl (C=O) groups is 2. The van der Waals surface area contributed by atoms with E-state index in [1.54, 1.807) is 17.3 Å². The number of nitrogens with zero attached hydrogens (tertiary/aromatic N) is 1. The Balaban J connectivity index is 0. The molecular formula is C23H32N4O4. The van der Waals surface area contributed by atoms with Gasteiger partial charge in [-0.2, -0.15) is 0 Å². The molecule has 0 saturated heterocycles. The molecule has 0 aliphatic rings. The van der Waals surface area contributed by atoms with Crippen molar-refractivity contribution in [2.75, 3.05) is 0 Å². The monoisotopic (exact) mass is 428 g/mol. The summed E-state index contributed by atoms with van der Waals surface area (Å²) in [4.78, 5) is 19.6. The lowest BCUT2D eigenvalue weighted by molar-refractivity contribution is -0.135. The number of carboxylic acids is 2. The first-order valence-corrected chi connectivity index (χ1v) is 9.18. The molecule has 0 unspecified atom stereocenters. The van der Waals surface area contributed by atoms with Crippen molar-refractivity contribution in [2.45, 2.75) is 26.9 Å². The smallest absolute Gasteiger partial charge is 0.300 e. The Labute approximate surface area is 183 Å². The summed E-state index contributed by atoms with van der Waals surface area (Å²) in [5.74, 6) is -1.65. The van der Waals surface area contributed by atoms with Crippen LogP contribution in [0.3, 0.4) is 0 Å². The van der Waals surface area contributed by atoms with Gasteiger partial charge in [0.1, 0.15) is 0 Å². The highest BCUT2D eigenvalue weighted by molar-refractivity contribution is 5.75. The predicted octanol–water partition coefficient (Wildman–Crippen LogP) is 3.63. The third kappa shape index (κ3) is 22.1. The Kier molecular flexibility index (Phi) is 18.1. The minimum atomic E-state index is -0.833. The molecule has 0 amide bonds. The minimum Gasteiger partial charge on any atom is -0.481 e. The summed E-state index contributed by atoms with van der Waals surface area (Å²) in [5, 5.41) is 25.1. The number of hydrogen-bond donors (Lipinski definition) is 5. The van der Waals surface area contributed by atoms with Crippen LogP contribution in [0.15, 0.2) is 86.2 Å². The van der Waals surface area contributed by atoms with Crippen LogP contribution >= 0.6 is 0 Å². The molecule has 168 valence electrons. The first-order valence-electron chi connectivity index (χ1n) is 9.18. The van der Waals surface area contributed by atoms with Crippen molar-refractivity contribution >= 4 is 17.9 Å². The van der Waals surface area contributed by atoms with Gasteiger partial charge in [0.25, 0.3) is 11.9 Å². The van der Waals surface area contributed by atoms with Gasteiger partial charge in [-0.25, -0.2) is 0 Å². The van der Waals surface area contributed by atoms with E-state index in [-0.39, 0.29) is 5.96 Å². The molecule has 0 radical (unpaired) electrons. The van der Waals surface area contributed by atoms with Crippen LogP contribution in [0.5, 0.6) is 0 Å². The lowest BCUT2D eigenvalue weighted by atomic mass is 10.2. The molecule has 0 spiro atoms. The van der Waals surface area contributed by atoms with Gasteiger partial charge in [0.05, 0.1) is 6.54 Å². The number of nitrogens with one attached hydrogen (secondary N) is 2. The molecule has 0 bridgehead atoms. The molecule has 6 N–H and O–H groups in total. The molecular weight excluding hydrogens is 396 g/mol. The van der Waals surface area contributed by atoms with Gasteiger partial charge in [-0.1, -0.05) is 73.8 Å². The van der Waals surface area contributed by atoms with E-state index in [1.165, 1.54) is 5.56 Å². The number of hydrogen-bond acceptors (Lipinski definition) is 4. The van der Waals surface area contributed by atoms with E-state index in [1.807, 2.05) is 48.5 Å². The Morgan fingerprint density at radius 1 is 0.968 bits per heavy atom. The van der Waals surface area contributed by atoms with E-state index in [2.05, 4.69) is 30.6 Å². The zero-order valence-electron chi connectivity index (χ0n) is 18.0. The van der Waals surface area contributed by atoms with Crippen LogP contribution in [0.2, 0.25) is 0 Å². The van der Waals surface area contributed by atoms with Crippen molar-refractivity contribution in [3.05, 3.63) is 97.3 Å². The van der Waals surface area contributed by atoms with Crippen LogP contribution in [-0.4, -0.2) is 33.0 Å². The summed E-state index contributed by atoms with van der Waals surface area (Å²) in [6.07, 6.45) is 3.25. The first kappa shape index (κ1) is 29.1. The quantitative estimate of drug-likeness (QED) is 0.350. The van der Waals surface area contributed by atoms with Crippen molar-refractivity contribution in [2.24, 2.45) is 5.73 Å². The van der Waals surface area contributed by atoms with Crippen molar-refractivity contribution < 1.29 is 19.8 Å². The molecule has 0 aliphatic carbocycles. The maximum Gasteiger partial charge on any atom is 0.300 e. The Hall–Kier alpha value is -4.07. The lowest BCUT2D eigenvalue weighted by Gasteiger charge is -2.17. The topological polar surface area (TPSA) is 140 Å². The summed E-state index contributed by atoms with van der Waals surface area (Å²) in [7, 11) is 0. The second-order valence-electron chi connectivity index (χ2n) is 5.79. The van der Waals surface area contributed by atoms with Gasteiger partial charge in [-0.15, -0.1) is 0 Å². The summed E-state index contributed by atoms with van der Waals surface area (Å²) < 4.78 is 0. The molecule has 0 heterocycles. The highest BCUT2D eigenvalue weighted by Gasteiger charge is 2.01. The second kappa shape index (κ2) is 19.3. The average molecular weight is 429 g/mol. The van der Waals surface area contributed by atoms with Crippen LogP contribution < -0.4 is 11.1 Å². The van der Waals surface area contributed by atoms with Crippen LogP contribution in [0, 0.1) is 5.41 Å². The molecule has 0 fully saturated rings. The van der Waals surface area contributed by atoms with Gasteiger partial charge in [-0.3, -0.25) is 15.0 Å². The third-order valence-corrected chi connectivity index (χ3v) is 3.02. The maximum absolute atomic E-state index is 9.00. The number of nitrogens with two attached hydrogens (primary N) is 1. The zero-order chi connectivity index (χ0) is 24.1. The summed E-state index contributed by atoms with van der Waals surface area (Å²) in [6, 6.07) is 20.1. The van der Waals surface area contributed by atoms with E-state index in [0.29, 0.717) is 6.54 Å². The Bertz CT molecular complexity index is 761. The fraction of sp³-hybridized carbons (Fsp3) is 0.174. The van der Waals surface area contributed by atoms with Gasteiger partial charge >= 0.3 is 0 Å². The SMILES string of the molecule is C=CN(Cc1ccccc1)C(=N)N.C=CNCc1ccccc1.CC(=O)O.CC(=O)O. The predicted molar refractivity (Wildman–Crippen MR) is 124 cm³/mol. The van der Waals surface area contributed by atoms with E-state index in [4.69, 9.17) is 30.9 Å². The van der Waals surface area contributed by atoms with Gasteiger partial charge in [0.15, 0.2) is 5.96 Å². The molecule has 2 aromatic carbocycles. The molecule has 8 nitrogen and oxygen atoms in total. The van der Waals surface area contributed by atoms with Crippen molar-refractivity contribution in [1.82, 2.24) is 10.2 Å². The van der Waals surface area contributed by atoms with E-state index in [9.17, 15) is 0 Å².